The van der Waals surface area contributed by atoms with E-state index in [0.717, 1.165) is 32.1 Å². The van der Waals surface area contributed by atoms with Crippen molar-refractivity contribution in [2.24, 2.45) is 17.3 Å². The van der Waals surface area contributed by atoms with Crippen molar-refractivity contribution in [1.29, 1.82) is 0 Å². The van der Waals surface area contributed by atoms with Crippen LogP contribution < -0.4 is 0 Å². The molecule has 2 fully saturated rings. The molecule has 5 heteroatoms. The first kappa shape index (κ1) is 22.1. The van der Waals surface area contributed by atoms with Crippen molar-refractivity contribution in [1.82, 2.24) is 0 Å². The molecule has 0 amide bonds. The van der Waals surface area contributed by atoms with Gasteiger partial charge in [0.25, 0.3) is 0 Å². The Balaban J connectivity index is 1.92. The summed E-state index contributed by atoms with van der Waals surface area (Å²) in [7, 11) is 0. The van der Waals surface area contributed by atoms with Crippen LogP contribution in [-0.4, -0.2) is 40.7 Å². The molecule has 1 saturated heterocycles. The molecule has 0 aromatic rings. The summed E-state index contributed by atoms with van der Waals surface area (Å²) in [6.07, 6.45) is 10.2. The summed E-state index contributed by atoms with van der Waals surface area (Å²) in [4.78, 5) is 10.6. The van der Waals surface area contributed by atoms with Gasteiger partial charge in [0.2, 0.25) is 0 Å². The van der Waals surface area contributed by atoms with Crippen molar-refractivity contribution in [2.75, 3.05) is 0 Å². The minimum atomic E-state index is -1.08. The number of halogens is 1. The number of carboxylic acid groups (broad SMARTS) is 1. The second-order valence-electron chi connectivity index (χ2n) is 8.68. The maximum atomic E-state index is 14.9. The van der Waals surface area contributed by atoms with Crippen molar-refractivity contribution >= 4 is 5.97 Å². The normalized spacial score (nSPS) is 32.4. The Morgan fingerprint density at radius 3 is 2.74 bits per heavy atom. The number of aliphatic hydroxyl groups is 1. The molecule has 154 valence electrons. The van der Waals surface area contributed by atoms with E-state index >= 15 is 0 Å². The first-order valence-corrected chi connectivity index (χ1v) is 10.3. The Bertz CT molecular complexity index is 542. The minimum absolute atomic E-state index is 0.0457. The van der Waals surface area contributed by atoms with E-state index in [1.807, 2.05) is 12.2 Å². The number of allylic oxidation sites excluding steroid dienone is 2. The lowest BCUT2D eigenvalue weighted by Gasteiger charge is -2.29. The Morgan fingerprint density at radius 1 is 1.33 bits per heavy atom. The number of hydrogen-bond donors (Lipinski definition) is 2. The van der Waals surface area contributed by atoms with E-state index in [1.54, 1.807) is 12.2 Å². The van der Waals surface area contributed by atoms with Crippen LogP contribution in [0, 0.1) is 17.3 Å². The summed E-state index contributed by atoms with van der Waals surface area (Å²) < 4.78 is 20.8. The molecule has 1 aliphatic carbocycles. The van der Waals surface area contributed by atoms with Gasteiger partial charge in [0.15, 0.2) is 0 Å². The molecule has 2 N–H and O–H groups in total. The zero-order valence-corrected chi connectivity index (χ0v) is 16.8. The van der Waals surface area contributed by atoms with Crippen LogP contribution in [0.2, 0.25) is 0 Å². The third-order valence-electron chi connectivity index (χ3n) is 6.09. The Kier molecular flexibility index (Phi) is 8.04. The van der Waals surface area contributed by atoms with Gasteiger partial charge in [-0.3, -0.25) is 4.79 Å². The highest BCUT2D eigenvalue weighted by Crippen LogP contribution is 2.46. The van der Waals surface area contributed by atoms with E-state index in [4.69, 9.17) is 9.84 Å². The number of hydrogen-bond acceptors (Lipinski definition) is 3. The fourth-order valence-electron chi connectivity index (χ4n) is 4.22. The second-order valence-corrected chi connectivity index (χ2v) is 8.68. The van der Waals surface area contributed by atoms with Gasteiger partial charge in [0, 0.05) is 12.3 Å². The number of unbranched alkanes of at least 4 members (excludes halogenated alkanes) is 1. The van der Waals surface area contributed by atoms with Crippen LogP contribution in [0.15, 0.2) is 24.3 Å². The monoisotopic (exact) mass is 382 g/mol. The van der Waals surface area contributed by atoms with Crippen molar-refractivity contribution < 1.29 is 24.1 Å². The minimum Gasteiger partial charge on any atom is -0.481 e. The quantitative estimate of drug-likeness (QED) is 0.539. The zero-order valence-electron chi connectivity index (χ0n) is 16.8. The number of carboxylic acids is 1. The average molecular weight is 383 g/mol. The zero-order chi connectivity index (χ0) is 20.0. The van der Waals surface area contributed by atoms with Crippen molar-refractivity contribution in [3.8, 4) is 0 Å². The molecule has 4 nitrogen and oxygen atoms in total. The first-order chi connectivity index (χ1) is 12.8. The fraction of sp³-hybridized carbons (Fsp3) is 0.773. The fourth-order valence-corrected chi connectivity index (χ4v) is 4.22. The van der Waals surface area contributed by atoms with Crippen LogP contribution in [0.25, 0.3) is 0 Å². The van der Waals surface area contributed by atoms with Crippen molar-refractivity contribution in [2.45, 2.75) is 90.2 Å². The third-order valence-corrected chi connectivity index (χ3v) is 6.09. The van der Waals surface area contributed by atoms with Gasteiger partial charge in [0.1, 0.15) is 12.3 Å². The maximum Gasteiger partial charge on any atom is 0.303 e. The van der Waals surface area contributed by atoms with E-state index in [2.05, 4.69) is 20.8 Å². The number of fused-ring (bicyclic) bond motifs is 1. The third kappa shape index (κ3) is 5.89. The highest BCUT2D eigenvalue weighted by atomic mass is 19.1. The number of aliphatic hydroxyl groups excluding tert-OH is 1. The summed E-state index contributed by atoms with van der Waals surface area (Å²) in [6, 6.07) is 0. The molecule has 27 heavy (non-hydrogen) atoms. The predicted molar refractivity (Wildman–Crippen MR) is 104 cm³/mol. The molecule has 0 radical (unpaired) electrons. The van der Waals surface area contributed by atoms with Gasteiger partial charge in [-0.2, -0.15) is 0 Å². The predicted octanol–water partition coefficient (Wildman–Crippen LogP) is 4.67. The number of rotatable bonds is 10. The molecule has 0 spiro atoms. The first-order valence-electron chi connectivity index (χ1n) is 10.3. The summed E-state index contributed by atoms with van der Waals surface area (Å²) in [6.45, 7) is 6.29. The summed E-state index contributed by atoms with van der Waals surface area (Å²) in [5.41, 5.74) is -0.179. The molecule has 2 aliphatic rings. The Labute approximate surface area is 162 Å². The molecule has 1 heterocycles. The number of aliphatic carboxylic acids is 1. The van der Waals surface area contributed by atoms with E-state index < -0.39 is 24.3 Å². The summed E-state index contributed by atoms with van der Waals surface area (Å²) in [5.74, 6) is -0.952. The lowest BCUT2D eigenvalue weighted by molar-refractivity contribution is -0.136. The van der Waals surface area contributed by atoms with Crippen LogP contribution in [0.1, 0.15) is 65.7 Å². The molecule has 6 atom stereocenters. The number of alkyl halides is 1. The smallest absolute Gasteiger partial charge is 0.303 e. The molecule has 2 rings (SSSR count). The summed E-state index contributed by atoms with van der Waals surface area (Å²) in [5, 5.41) is 19.2. The van der Waals surface area contributed by atoms with Crippen LogP contribution in [0.3, 0.4) is 0 Å². The molecule has 0 aromatic heterocycles. The van der Waals surface area contributed by atoms with E-state index in [0.29, 0.717) is 6.42 Å². The molecule has 2 unspecified atom stereocenters. The lowest BCUT2D eigenvalue weighted by atomic mass is 9.80. The SMILES string of the molecule is CCCCC(C)(C)[C@H](O)/C=C/[C@H]1CC[C@@H]2OC(/C=C/CCC(=O)O)C(F)[C@@H]21. The summed E-state index contributed by atoms with van der Waals surface area (Å²) >= 11 is 0. The Hall–Kier alpha value is -1.20. The van der Waals surface area contributed by atoms with Gasteiger partial charge < -0.3 is 14.9 Å². The van der Waals surface area contributed by atoms with E-state index in [-0.39, 0.29) is 29.8 Å². The topological polar surface area (TPSA) is 66.8 Å². The molecule has 1 saturated carbocycles. The van der Waals surface area contributed by atoms with Gasteiger partial charge >= 0.3 is 5.97 Å². The molecule has 0 bridgehead atoms. The molecule has 1 aliphatic heterocycles. The van der Waals surface area contributed by atoms with Gasteiger partial charge in [-0.25, -0.2) is 4.39 Å². The van der Waals surface area contributed by atoms with Crippen LogP contribution >= 0.6 is 0 Å². The van der Waals surface area contributed by atoms with Gasteiger partial charge in [0.05, 0.1) is 12.2 Å². The highest BCUT2D eigenvalue weighted by molar-refractivity contribution is 5.66. The lowest BCUT2D eigenvalue weighted by Crippen LogP contribution is -2.28. The number of ether oxygens (including phenoxy) is 1. The van der Waals surface area contributed by atoms with Gasteiger partial charge in [-0.15, -0.1) is 0 Å². The second kappa shape index (κ2) is 9.83. The largest absolute Gasteiger partial charge is 0.481 e. The molecular weight excluding hydrogens is 347 g/mol. The number of carbonyl (C=O) groups is 1. The van der Waals surface area contributed by atoms with Crippen molar-refractivity contribution in [3.05, 3.63) is 24.3 Å². The Morgan fingerprint density at radius 2 is 2.07 bits per heavy atom. The standard InChI is InChI=1S/C22H35FO4/c1-4-5-14-22(2,3)18(24)13-11-15-10-12-16-20(15)21(23)17(27-16)8-6-7-9-19(25)26/h6,8,11,13,15-18,20-21,24H,4-5,7,9-10,12,14H2,1-3H3,(H,25,26)/b8-6+,13-11+/t15-,16+,17?,18-,20-,21?/m1/s1. The molecular formula is C22H35FO4. The van der Waals surface area contributed by atoms with Crippen LogP contribution in [0.5, 0.6) is 0 Å². The molecule has 0 aromatic carbocycles. The van der Waals surface area contributed by atoms with Crippen LogP contribution in [0.4, 0.5) is 4.39 Å². The van der Waals surface area contributed by atoms with E-state index in [1.165, 1.54) is 0 Å². The van der Waals surface area contributed by atoms with Gasteiger partial charge in [-0.1, -0.05) is 57.9 Å². The maximum absolute atomic E-state index is 14.9. The average Bonchev–Trinajstić information content (AvgIpc) is 3.15. The van der Waals surface area contributed by atoms with Crippen LogP contribution in [-0.2, 0) is 9.53 Å². The van der Waals surface area contributed by atoms with Gasteiger partial charge in [-0.05, 0) is 37.0 Å². The van der Waals surface area contributed by atoms with Crippen molar-refractivity contribution in [3.63, 3.8) is 0 Å². The van der Waals surface area contributed by atoms with E-state index in [9.17, 15) is 14.3 Å². The highest BCUT2D eigenvalue weighted by Gasteiger charge is 2.50.